The molecule has 0 fully saturated rings. The van der Waals surface area contributed by atoms with Crippen LogP contribution in [0.2, 0.25) is 0 Å². The van der Waals surface area contributed by atoms with Crippen molar-refractivity contribution in [1.82, 2.24) is 9.78 Å². The van der Waals surface area contributed by atoms with Crippen LogP contribution in [0.15, 0.2) is 41.2 Å². The smallest absolute Gasteiger partial charge is 0.435 e. The minimum absolute atomic E-state index is 0.143. The van der Waals surface area contributed by atoms with E-state index in [2.05, 4.69) is 5.10 Å². The van der Waals surface area contributed by atoms with Gasteiger partial charge in [0.25, 0.3) is 0 Å². The van der Waals surface area contributed by atoms with Gasteiger partial charge in [-0.25, -0.2) is 0 Å². The Morgan fingerprint density at radius 2 is 1.78 bits per heavy atom. The van der Waals surface area contributed by atoms with Crippen LogP contribution >= 0.6 is 0 Å². The standard InChI is InChI=1S/C11H7F3N2O2/c12-11(13,14)9-6-8(17)10(18)16(15-9)7-4-2-1-3-5-7/h1-6,17H. The van der Waals surface area contributed by atoms with E-state index in [-0.39, 0.29) is 5.69 Å². The lowest BCUT2D eigenvalue weighted by Crippen LogP contribution is -2.24. The van der Waals surface area contributed by atoms with Gasteiger partial charge in [-0.2, -0.15) is 23.0 Å². The van der Waals surface area contributed by atoms with Crippen molar-refractivity contribution in [2.45, 2.75) is 6.18 Å². The van der Waals surface area contributed by atoms with Gasteiger partial charge >= 0.3 is 11.7 Å². The maximum absolute atomic E-state index is 12.5. The van der Waals surface area contributed by atoms with Crippen molar-refractivity contribution in [2.24, 2.45) is 0 Å². The number of aromatic hydroxyl groups is 1. The number of hydrogen-bond acceptors (Lipinski definition) is 3. The van der Waals surface area contributed by atoms with Gasteiger partial charge in [0.15, 0.2) is 11.4 Å². The monoisotopic (exact) mass is 256 g/mol. The lowest BCUT2D eigenvalue weighted by Gasteiger charge is -2.10. The molecule has 0 spiro atoms. The summed E-state index contributed by atoms with van der Waals surface area (Å²) in [4.78, 5) is 11.5. The maximum atomic E-state index is 12.5. The average Bonchev–Trinajstić information content (AvgIpc) is 2.32. The van der Waals surface area contributed by atoms with Crippen LogP contribution in [0, 0.1) is 0 Å². The van der Waals surface area contributed by atoms with Crippen molar-refractivity contribution >= 4 is 0 Å². The van der Waals surface area contributed by atoms with Gasteiger partial charge in [0, 0.05) is 6.07 Å². The molecule has 1 N–H and O–H groups in total. The average molecular weight is 256 g/mol. The van der Waals surface area contributed by atoms with E-state index in [1.54, 1.807) is 18.2 Å². The summed E-state index contributed by atoms with van der Waals surface area (Å²) in [7, 11) is 0. The second-order valence-corrected chi connectivity index (χ2v) is 3.47. The van der Waals surface area contributed by atoms with E-state index in [9.17, 15) is 23.1 Å². The zero-order valence-corrected chi connectivity index (χ0v) is 8.85. The summed E-state index contributed by atoms with van der Waals surface area (Å²) in [6, 6.07) is 7.85. The molecule has 94 valence electrons. The number of para-hydroxylation sites is 1. The molecule has 2 aromatic rings. The van der Waals surface area contributed by atoms with Gasteiger partial charge in [-0.05, 0) is 12.1 Å². The molecule has 0 radical (unpaired) electrons. The zero-order chi connectivity index (χ0) is 13.3. The molecule has 18 heavy (non-hydrogen) atoms. The Kier molecular flexibility index (Phi) is 2.82. The van der Waals surface area contributed by atoms with E-state index in [1.165, 1.54) is 12.1 Å². The largest absolute Gasteiger partial charge is 0.503 e. The predicted molar refractivity (Wildman–Crippen MR) is 56.5 cm³/mol. The highest BCUT2D eigenvalue weighted by molar-refractivity contribution is 5.33. The zero-order valence-electron chi connectivity index (χ0n) is 8.85. The third-order valence-electron chi connectivity index (χ3n) is 2.18. The number of nitrogens with zero attached hydrogens (tertiary/aromatic N) is 2. The predicted octanol–water partition coefficient (Wildman–Crippen LogP) is 1.96. The van der Waals surface area contributed by atoms with E-state index in [1.807, 2.05) is 0 Å². The molecule has 0 saturated heterocycles. The van der Waals surface area contributed by atoms with Crippen LogP contribution in [-0.2, 0) is 6.18 Å². The third kappa shape index (κ3) is 2.20. The molecule has 1 aromatic heterocycles. The summed E-state index contributed by atoms with van der Waals surface area (Å²) in [5, 5.41) is 12.4. The van der Waals surface area contributed by atoms with E-state index in [0.717, 1.165) is 0 Å². The van der Waals surface area contributed by atoms with Crippen LogP contribution in [0.25, 0.3) is 5.69 Å². The highest BCUT2D eigenvalue weighted by Gasteiger charge is 2.34. The van der Waals surface area contributed by atoms with Crippen molar-refractivity contribution in [3.05, 3.63) is 52.4 Å². The Balaban J connectivity index is 2.68. The summed E-state index contributed by atoms with van der Waals surface area (Å²) in [6.07, 6.45) is -4.73. The lowest BCUT2D eigenvalue weighted by atomic mass is 10.3. The van der Waals surface area contributed by atoms with Crippen LogP contribution in [0.3, 0.4) is 0 Å². The fourth-order valence-corrected chi connectivity index (χ4v) is 1.36. The molecule has 7 heteroatoms. The van der Waals surface area contributed by atoms with Gasteiger partial charge in [-0.1, -0.05) is 18.2 Å². The first-order chi connectivity index (χ1) is 8.39. The van der Waals surface area contributed by atoms with Crippen molar-refractivity contribution in [2.75, 3.05) is 0 Å². The van der Waals surface area contributed by atoms with Crippen molar-refractivity contribution in [3.63, 3.8) is 0 Å². The first-order valence-corrected chi connectivity index (χ1v) is 4.85. The minimum atomic E-state index is -4.73. The Morgan fingerprint density at radius 1 is 1.17 bits per heavy atom. The summed E-state index contributed by atoms with van der Waals surface area (Å²) < 4.78 is 38.0. The molecular weight excluding hydrogens is 249 g/mol. The number of benzene rings is 1. The molecule has 4 nitrogen and oxygen atoms in total. The fourth-order valence-electron chi connectivity index (χ4n) is 1.36. The van der Waals surface area contributed by atoms with Gasteiger partial charge in [0.2, 0.25) is 0 Å². The van der Waals surface area contributed by atoms with E-state index < -0.39 is 23.2 Å². The summed E-state index contributed by atoms with van der Waals surface area (Å²) in [5.41, 5.74) is -2.19. The van der Waals surface area contributed by atoms with Gasteiger partial charge in [0.05, 0.1) is 5.69 Å². The molecule has 1 heterocycles. The molecule has 0 atom stereocenters. The first-order valence-electron chi connectivity index (χ1n) is 4.85. The van der Waals surface area contributed by atoms with Gasteiger partial charge in [-0.3, -0.25) is 4.79 Å². The van der Waals surface area contributed by atoms with Gasteiger partial charge in [-0.15, -0.1) is 0 Å². The summed E-state index contributed by atoms with van der Waals surface area (Å²) in [5.74, 6) is -0.999. The number of hydrogen-bond donors (Lipinski definition) is 1. The second kappa shape index (κ2) is 4.17. The molecule has 0 aliphatic rings. The van der Waals surface area contributed by atoms with E-state index in [4.69, 9.17) is 0 Å². The van der Waals surface area contributed by atoms with E-state index >= 15 is 0 Å². The molecular formula is C11H7F3N2O2. The molecule has 1 aromatic carbocycles. The third-order valence-corrected chi connectivity index (χ3v) is 2.18. The highest BCUT2D eigenvalue weighted by Crippen LogP contribution is 2.28. The quantitative estimate of drug-likeness (QED) is 0.848. The molecule has 0 bridgehead atoms. The van der Waals surface area contributed by atoms with Crippen molar-refractivity contribution < 1.29 is 18.3 Å². The molecule has 0 amide bonds. The number of alkyl halides is 3. The van der Waals surface area contributed by atoms with Crippen molar-refractivity contribution in [3.8, 4) is 11.4 Å². The highest BCUT2D eigenvalue weighted by atomic mass is 19.4. The molecule has 0 aliphatic heterocycles. The van der Waals surface area contributed by atoms with E-state index in [0.29, 0.717) is 10.7 Å². The lowest BCUT2D eigenvalue weighted by molar-refractivity contribution is -0.142. The maximum Gasteiger partial charge on any atom is 0.435 e. The molecule has 0 aliphatic carbocycles. The Labute approximate surface area is 98.9 Å². The Hall–Kier alpha value is -2.31. The SMILES string of the molecule is O=c1c(O)cc(C(F)(F)F)nn1-c1ccccc1. The molecule has 0 unspecified atom stereocenters. The van der Waals surface area contributed by atoms with Gasteiger partial charge in [0.1, 0.15) is 0 Å². The Morgan fingerprint density at radius 3 is 2.33 bits per heavy atom. The topological polar surface area (TPSA) is 55.1 Å². The molecule has 0 saturated carbocycles. The normalized spacial score (nSPS) is 11.5. The van der Waals surface area contributed by atoms with Crippen LogP contribution in [0.5, 0.6) is 5.75 Å². The first kappa shape index (κ1) is 12.2. The molecule has 2 rings (SSSR count). The van der Waals surface area contributed by atoms with Crippen LogP contribution in [-0.4, -0.2) is 14.9 Å². The van der Waals surface area contributed by atoms with Gasteiger partial charge < -0.3 is 5.11 Å². The number of aromatic nitrogens is 2. The second-order valence-electron chi connectivity index (χ2n) is 3.47. The minimum Gasteiger partial charge on any atom is -0.503 e. The summed E-state index contributed by atoms with van der Waals surface area (Å²) in [6.45, 7) is 0. The Bertz CT molecular complexity index is 620. The fraction of sp³-hybridized carbons (Fsp3) is 0.0909. The number of halogens is 3. The number of rotatable bonds is 1. The van der Waals surface area contributed by atoms with Crippen LogP contribution < -0.4 is 5.56 Å². The van der Waals surface area contributed by atoms with Crippen LogP contribution in [0.1, 0.15) is 5.69 Å². The van der Waals surface area contributed by atoms with Crippen molar-refractivity contribution in [1.29, 1.82) is 0 Å². The van der Waals surface area contributed by atoms with Crippen LogP contribution in [0.4, 0.5) is 13.2 Å². The summed E-state index contributed by atoms with van der Waals surface area (Å²) >= 11 is 0.